The third-order valence-corrected chi connectivity index (χ3v) is 20.2. The zero-order valence-electron chi connectivity index (χ0n) is 45.6. The van der Waals surface area contributed by atoms with Gasteiger partial charge in [-0.2, -0.15) is 10.5 Å². The Labute approximate surface area is 475 Å². The average Bonchev–Trinajstić information content (AvgIpc) is 3.66. The number of hydrogen-bond acceptors (Lipinski definition) is 15. The van der Waals surface area contributed by atoms with E-state index in [4.69, 9.17) is 14.2 Å². The number of rotatable bonds is 17. The Balaban J connectivity index is 0.000000175. The molecule has 6 heterocycles. The van der Waals surface area contributed by atoms with Crippen molar-refractivity contribution in [3.8, 4) is 46.2 Å². The van der Waals surface area contributed by atoms with Crippen LogP contribution in [0.25, 0.3) is 44.1 Å². The highest BCUT2D eigenvalue weighted by molar-refractivity contribution is 7.93. The van der Waals surface area contributed by atoms with E-state index in [1.165, 1.54) is 40.5 Å². The quantitative estimate of drug-likeness (QED) is 0.0385. The Morgan fingerprint density at radius 3 is 1.59 bits per heavy atom. The van der Waals surface area contributed by atoms with Gasteiger partial charge in [0.15, 0.2) is 0 Å². The van der Waals surface area contributed by atoms with Crippen LogP contribution in [0.2, 0.25) is 25.7 Å². The van der Waals surface area contributed by atoms with Crippen LogP contribution in [0.4, 0.5) is 22.7 Å². The van der Waals surface area contributed by atoms with Crippen molar-refractivity contribution in [2.45, 2.75) is 72.0 Å². The summed E-state index contributed by atoms with van der Waals surface area (Å²) in [5.41, 5.74) is 6.74. The van der Waals surface area contributed by atoms with E-state index in [0.717, 1.165) is 75.8 Å². The fourth-order valence-corrected chi connectivity index (χ4v) is 14.0. The molecule has 0 radical (unpaired) electrons. The molecule has 2 spiro atoms. The van der Waals surface area contributed by atoms with Gasteiger partial charge in [-0.25, -0.2) is 31.1 Å². The molecule has 2 aliphatic carbocycles. The van der Waals surface area contributed by atoms with Crippen molar-refractivity contribution in [1.82, 2.24) is 19.9 Å². The van der Waals surface area contributed by atoms with Crippen molar-refractivity contribution < 1.29 is 40.6 Å². The predicted molar refractivity (Wildman–Crippen MR) is 313 cm³/mol. The van der Waals surface area contributed by atoms with Gasteiger partial charge in [-0.1, -0.05) is 68.2 Å². The highest BCUT2D eigenvalue weighted by atomic mass is 32.2. The molecule has 0 bridgehead atoms. The van der Waals surface area contributed by atoms with Crippen LogP contribution in [-0.4, -0.2) is 97.3 Å². The molecule has 0 saturated heterocycles. The fourth-order valence-electron chi connectivity index (χ4n) is 10.8. The van der Waals surface area contributed by atoms with Crippen molar-refractivity contribution in [3.05, 3.63) is 145 Å². The van der Waals surface area contributed by atoms with Gasteiger partial charge in [0.2, 0.25) is 23.6 Å². The Kier molecular flexibility index (Phi) is 14.3. The second kappa shape index (κ2) is 21.3. The van der Waals surface area contributed by atoms with Gasteiger partial charge in [0.1, 0.15) is 31.2 Å². The first-order valence-electron chi connectivity index (χ1n) is 26.4. The molecule has 4 aromatic heterocycles. The van der Waals surface area contributed by atoms with Gasteiger partial charge in [0.05, 0.1) is 81.8 Å². The summed E-state index contributed by atoms with van der Waals surface area (Å²) in [6.45, 7) is 6.88. The number of carbonyl (C=O) groups excluding carboxylic acids is 2. The average molecular weight is 1150 g/mol. The number of amides is 2. The van der Waals surface area contributed by atoms with Crippen molar-refractivity contribution in [2.24, 2.45) is 0 Å². The maximum atomic E-state index is 14.0. The van der Waals surface area contributed by atoms with Crippen molar-refractivity contribution in [1.29, 1.82) is 10.5 Å². The number of fused-ring (bicyclic) bond motifs is 8. The highest BCUT2D eigenvalue weighted by Gasteiger charge is 2.61. The van der Waals surface area contributed by atoms with Crippen LogP contribution in [-0.2, 0) is 45.2 Å². The van der Waals surface area contributed by atoms with Crippen LogP contribution in [0.5, 0.6) is 11.8 Å². The number of aromatic nitrogens is 4. The van der Waals surface area contributed by atoms with E-state index in [1.807, 2.05) is 36.4 Å². The first kappa shape index (κ1) is 55.1. The summed E-state index contributed by atoms with van der Waals surface area (Å²) < 4.78 is 74.6. The van der Waals surface area contributed by atoms with E-state index in [-0.39, 0.29) is 64.6 Å². The molecule has 0 unspecified atom stereocenters. The number of methoxy groups -OCH3 is 2. The van der Waals surface area contributed by atoms with Crippen LogP contribution in [0.3, 0.4) is 0 Å². The SMILES string of the molecule is COc1ncc(-c2ccc3ncc4c(c3c2)C2(CC2)C(=O)N4CC#N)cc1N(COCC[Si](C)(C)C)S(=O)(=O)c1ccccc1.COc1ncc(-c2ccc3ncc4c(c3c2)C2(CC2)C(=O)N4CC#N)cc1NS(=O)(=O)c1ccccc1. The molecule has 2 aliphatic heterocycles. The molecule has 19 nitrogen and oxygen atoms in total. The van der Waals surface area contributed by atoms with Gasteiger partial charge in [-0.3, -0.25) is 34.1 Å². The van der Waals surface area contributed by atoms with E-state index in [2.05, 4.69) is 56.4 Å². The summed E-state index contributed by atoms with van der Waals surface area (Å²) in [6, 6.07) is 36.2. The lowest BCUT2D eigenvalue weighted by atomic mass is 9.92. The minimum atomic E-state index is -4.05. The Hall–Kier alpha value is -8.80. The maximum Gasteiger partial charge on any atom is 0.266 e. The molecule has 12 rings (SSSR count). The summed E-state index contributed by atoms with van der Waals surface area (Å²) in [5.74, 6) is 0.182. The lowest BCUT2D eigenvalue weighted by Gasteiger charge is -2.26. The first-order chi connectivity index (χ1) is 39.4. The highest BCUT2D eigenvalue weighted by Crippen LogP contribution is 2.60. The number of anilines is 4. The molecule has 1 N–H and O–H groups in total. The Morgan fingerprint density at radius 2 is 1.11 bits per heavy atom. The van der Waals surface area contributed by atoms with E-state index < -0.39 is 39.0 Å². The van der Waals surface area contributed by atoms with E-state index >= 15 is 0 Å². The van der Waals surface area contributed by atoms with Crippen molar-refractivity contribution in [3.63, 3.8) is 0 Å². The number of pyridine rings is 4. The Morgan fingerprint density at radius 1 is 0.622 bits per heavy atom. The minimum absolute atomic E-state index is 0.0201. The molecule has 2 saturated carbocycles. The molecule has 8 aromatic rings. The third kappa shape index (κ3) is 9.91. The number of nitriles is 2. The maximum absolute atomic E-state index is 14.0. The summed E-state index contributed by atoms with van der Waals surface area (Å²) in [7, 11) is -6.45. The molecule has 2 amide bonds. The molecule has 22 heteroatoms. The molecular formula is C60H56N10O9S2Si. The van der Waals surface area contributed by atoms with Crippen molar-refractivity contribution >= 4 is 84.5 Å². The van der Waals surface area contributed by atoms with Crippen LogP contribution >= 0.6 is 0 Å². The second-order valence-electron chi connectivity index (χ2n) is 21.7. The number of hydrogen-bond donors (Lipinski definition) is 1. The lowest BCUT2D eigenvalue weighted by molar-refractivity contribution is -0.120. The molecule has 2 fully saturated rings. The number of sulfonamides is 2. The molecule has 82 heavy (non-hydrogen) atoms. The molecular weight excluding hydrogens is 1100 g/mol. The summed E-state index contributed by atoms with van der Waals surface area (Å²) >= 11 is 0. The standard InChI is InChI=1S/C33H35N5O5SSi.C27H21N5O4S/c1-42-31-28(38(22-43-16-17-45(2,3)4)44(40,41)25-8-6-5-7-9-25)19-24(20-36-31)23-10-11-27-26(18-23)30-29(21-35-27)37(15-14-34)32(39)33(30)12-13-33;1-36-25-22(31-37(34,35)19-5-3-2-4-6-19)14-18(15-30-25)17-7-8-21-20(13-17)24-23(16-29-21)32(12-11-28)26(33)27(24)9-10-27/h5-11,18-21H,12-13,15-17,22H2,1-4H3;2-8,13-16,31H,9-10,12H2,1H3. The number of benzene rings is 4. The lowest BCUT2D eigenvalue weighted by Crippen LogP contribution is -2.34. The van der Waals surface area contributed by atoms with Gasteiger partial charge in [0, 0.05) is 60.1 Å². The number of carbonyl (C=O) groups is 2. The van der Waals surface area contributed by atoms with Crippen LogP contribution in [0, 0.1) is 22.7 Å². The summed E-state index contributed by atoms with van der Waals surface area (Å²) in [6.07, 6.45) is 9.52. The van der Waals surface area contributed by atoms with E-state index in [1.54, 1.807) is 85.5 Å². The van der Waals surface area contributed by atoms with E-state index in [0.29, 0.717) is 29.1 Å². The van der Waals surface area contributed by atoms with Crippen LogP contribution in [0.1, 0.15) is 36.8 Å². The number of nitrogens with one attached hydrogen (secondary N) is 1. The molecule has 4 aliphatic rings. The zero-order chi connectivity index (χ0) is 57.8. The fraction of sp³-hybridized carbons (Fsp3) is 0.267. The largest absolute Gasteiger partial charge is 0.480 e. The monoisotopic (exact) mass is 1150 g/mol. The summed E-state index contributed by atoms with van der Waals surface area (Å²) in [5, 5.41) is 20.3. The molecule has 4 aromatic carbocycles. The Bertz CT molecular complexity index is 4200. The van der Waals surface area contributed by atoms with Gasteiger partial charge in [-0.05, 0) is 104 Å². The van der Waals surface area contributed by atoms with Crippen molar-refractivity contribution in [2.75, 3.05) is 59.5 Å². The summed E-state index contributed by atoms with van der Waals surface area (Å²) in [4.78, 5) is 47.8. The van der Waals surface area contributed by atoms with Gasteiger partial charge in [0.25, 0.3) is 20.0 Å². The number of nitrogens with zero attached hydrogens (tertiary/aromatic N) is 9. The zero-order valence-corrected chi connectivity index (χ0v) is 48.2. The van der Waals surface area contributed by atoms with Crippen LogP contribution in [0.15, 0.2) is 144 Å². The van der Waals surface area contributed by atoms with Gasteiger partial charge < -0.3 is 14.2 Å². The smallest absolute Gasteiger partial charge is 0.266 e. The normalized spacial score (nSPS) is 15.4. The topological polar surface area (TPSA) is 251 Å². The van der Waals surface area contributed by atoms with Gasteiger partial charge in [-0.15, -0.1) is 0 Å². The first-order valence-corrected chi connectivity index (χ1v) is 33.1. The molecule has 0 atom stereocenters. The van der Waals surface area contributed by atoms with E-state index in [9.17, 15) is 36.9 Å². The van der Waals surface area contributed by atoms with Gasteiger partial charge >= 0.3 is 0 Å². The predicted octanol–water partition coefficient (Wildman–Crippen LogP) is 9.72. The number of ether oxygens (including phenoxy) is 3. The second-order valence-corrected chi connectivity index (χ2v) is 30.9. The minimum Gasteiger partial charge on any atom is -0.480 e. The third-order valence-electron chi connectivity index (χ3n) is 15.3. The molecule has 416 valence electrons. The van der Waals surface area contributed by atoms with Crippen LogP contribution < -0.4 is 28.3 Å².